The van der Waals surface area contributed by atoms with Gasteiger partial charge in [0.15, 0.2) is 5.65 Å². The Balaban J connectivity index is 2.11. The lowest BCUT2D eigenvalue weighted by molar-refractivity contribution is 0.628. The summed E-state index contributed by atoms with van der Waals surface area (Å²) < 4.78 is 14.8. The first-order valence-electron chi connectivity index (χ1n) is 6.77. The number of hydrogen-bond donors (Lipinski definition) is 1. The van der Waals surface area contributed by atoms with E-state index >= 15 is 0 Å². The zero-order valence-corrected chi connectivity index (χ0v) is 11.7. The van der Waals surface area contributed by atoms with Crippen LogP contribution in [0.2, 0.25) is 0 Å². The molecule has 6 heteroatoms. The Morgan fingerprint density at radius 3 is 2.73 bits per heavy atom. The molecule has 0 bridgehead atoms. The van der Waals surface area contributed by atoms with Gasteiger partial charge in [0.25, 0.3) is 5.56 Å². The quantitative estimate of drug-likeness (QED) is 0.587. The average Bonchev–Trinajstić information content (AvgIpc) is 2.85. The predicted molar refractivity (Wildman–Crippen MR) is 81.2 cm³/mol. The van der Waals surface area contributed by atoms with Crippen molar-refractivity contribution in [1.82, 2.24) is 19.6 Å². The Morgan fingerprint density at radius 1 is 1.18 bits per heavy atom. The molecule has 5 nitrogen and oxygen atoms in total. The summed E-state index contributed by atoms with van der Waals surface area (Å²) in [5, 5.41) is 4.96. The van der Waals surface area contributed by atoms with Gasteiger partial charge in [-0.25, -0.2) is 13.9 Å². The molecule has 0 atom stereocenters. The molecule has 0 unspecified atom stereocenters. The van der Waals surface area contributed by atoms with Crippen molar-refractivity contribution in [3.63, 3.8) is 0 Å². The van der Waals surface area contributed by atoms with Crippen molar-refractivity contribution in [2.75, 3.05) is 0 Å². The SMILES string of the molecule is Cc1nn2c(ncc3c(=O)[nH]ccc32)c1-c1ccc(F)cc1. The van der Waals surface area contributed by atoms with E-state index in [1.165, 1.54) is 18.3 Å². The second-order valence-electron chi connectivity index (χ2n) is 5.07. The summed E-state index contributed by atoms with van der Waals surface area (Å²) in [4.78, 5) is 18.8. The summed E-state index contributed by atoms with van der Waals surface area (Å²) in [6.07, 6.45) is 3.12. The first kappa shape index (κ1) is 12.7. The predicted octanol–water partition coefficient (Wildman–Crippen LogP) is 2.69. The van der Waals surface area contributed by atoms with Gasteiger partial charge in [0.1, 0.15) is 5.82 Å². The summed E-state index contributed by atoms with van der Waals surface area (Å²) >= 11 is 0. The van der Waals surface area contributed by atoms with Gasteiger partial charge in [-0.3, -0.25) is 4.79 Å². The van der Waals surface area contributed by atoms with Crippen molar-refractivity contribution in [2.24, 2.45) is 0 Å². The van der Waals surface area contributed by atoms with E-state index in [0.717, 1.165) is 16.8 Å². The molecule has 3 aromatic heterocycles. The van der Waals surface area contributed by atoms with E-state index < -0.39 is 0 Å². The summed E-state index contributed by atoms with van der Waals surface area (Å²) in [5.74, 6) is -0.289. The van der Waals surface area contributed by atoms with Crippen LogP contribution in [-0.2, 0) is 0 Å². The van der Waals surface area contributed by atoms with E-state index in [2.05, 4.69) is 15.1 Å². The molecular weight excluding hydrogens is 283 g/mol. The topological polar surface area (TPSA) is 63.1 Å². The molecule has 1 aromatic carbocycles. The van der Waals surface area contributed by atoms with Crippen LogP contribution in [0.1, 0.15) is 5.69 Å². The lowest BCUT2D eigenvalue weighted by atomic mass is 10.1. The molecule has 4 aromatic rings. The van der Waals surface area contributed by atoms with Crippen LogP contribution in [-0.4, -0.2) is 19.6 Å². The Bertz CT molecular complexity index is 1060. The zero-order chi connectivity index (χ0) is 15.3. The maximum Gasteiger partial charge on any atom is 0.258 e. The van der Waals surface area contributed by atoms with Crippen molar-refractivity contribution in [3.05, 3.63) is 64.6 Å². The molecule has 0 amide bonds. The molecule has 0 saturated carbocycles. The summed E-state index contributed by atoms with van der Waals surface area (Å²) in [6, 6.07) is 7.99. The van der Waals surface area contributed by atoms with E-state index in [0.29, 0.717) is 16.6 Å². The second kappa shape index (κ2) is 4.49. The van der Waals surface area contributed by atoms with Crippen LogP contribution in [0.5, 0.6) is 0 Å². The van der Waals surface area contributed by atoms with E-state index in [4.69, 9.17) is 0 Å². The minimum atomic E-state index is -0.289. The summed E-state index contributed by atoms with van der Waals surface area (Å²) in [7, 11) is 0. The lowest BCUT2D eigenvalue weighted by Gasteiger charge is -2.02. The number of benzene rings is 1. The number of nitrogens with one attached hydrogen (secondary N) is 1. The van der Waals surface area contributed by atoms with Gasteiger partial charge in [-0.05, 0) is 30.7 Å². The summed E-state index contributed by atoms with van der Waals surface area (Å²) in [5.41, 5.74) is 3.57. The number of aryl methyl sites for hydroxylation is 1. The molecule has 1 N–H and O–H groups in total. The molecule has 3 heterocycles. The first-order valence-corrected chi connectivity index (χ1v) is 6.77. The number of fused-ring (bicyclic) bond motifs is 3. The van der Waals surface area contributed by atoms with Gasteiger partial charge in [0, 0.05) is 18.0 Å². The monoisotopic (exact) mass is 294 g/mol. The number of hydrogen-bond acceptors (Lipinski definition) is 3. The van der Waals surface area contributed by atoms with Crippen LogP contribution in [0.25, 0.3) is 27.7 Å². The van der Waals surface area contributed by atoms with Gasteiger partial charge in [0.05, 0.1) is 16.6 Å². The van der Waals surface area contributed by atoms with Gasteiger partial charge < -0.3 is 4.98 Å². The Labute approximate surface area is 124 Å². The highest BCUT2D eigenvalue weighted by Crippen LogP contribution is 2.28. The highest BCUT2D eigenvalue weighted by atomic mass is 19.1. The van der Waals surface area contributed by atoms with Crippen LogP contribution in [0, 0.1) is 12.7 Å². The lowest BCUT2D eigenvalue weighted by Crippen LogP contribution is -2.07. The van der Waals surface area contributed by atoms with Crippen LogP contribution >= 0.6 is 0 Å². The molecule has 0 aliphatic rings. The van der Waals surface area contributed by atoms with Crippen LogP contribution in [0.3, 0.4) is 0 Å². The average molecular weight is 294 g/mol. The van der Waals surface area contributed by atoms with E-state index in [-0.39, 0.29) is 11.4 Å². The molecule has 108 valence electrons. The number of nitrogens with zero attached hydrogens (tertiary/aromatic N) is 3. The van der Waals surface area contributed by atoms with E-state index in [9.17, 15) is 9.18 Å². The molecule has 0 radical (unpaired) electrons. The Hall–Kier alpha value is -3.02. The van der Waals surface area contributed by atoms with Crippen LogP contribution in [0.4, 0.5) is 4.39 Å². The molecule has 0 fully saturated rings. The van der Waals surface area contributed by atoms with Crippen molar-refractivity contribution >= 4 is 16.6 Å². The fraction of sp³-hybridized carbons (Fsp3) is 0.0625. The molecule has 22 heavy (non-hydrogen) atoms. The molecular formula is C16H11FN4O. The van der Waals surface area contributed by atoms with Gasteiger partial charge in [0.2, 0.25) is 0 Å². The Kier molecular flexibility index (Phi) is 2.59. The van der Waals surface area contributed by atoms with Crippen LogP contribution < -0.4 is 5.56 Å². The third-order valence-electron chi connectivity index (χ3n) is 3.69. The molecule has 0 spiro atoms. The summed E-state index contributed by atoms with van der Waals surface area (Å²) in [6.45, 7) is 1.87. The fourth-order valence-corrected chi connectivity index (χ4v) is 2.67. The number of pyridine rings is 1. The largest absolute Gasteiger partial charge is 0.328 e. The van der Waals surface area contributed by atoms with Crippen molar-refractivity contribution in [1.29, 1.82) is 0 Å². The van der Waals surface area contributed by atoms with Gasteiger partial charge in [-0.2, -0.15) is 5.10 Å². The van der Waals surface area contributed by atoms with Gasteiger partial charge in [-0.1, -0.05) is 12.1 Å². The van der Waals surface area contributed by atoms with Gasteiger partial charge >= 0.3 is 0 Å². The molecule has 4 rings (SSSR count). The van der Waals surface area contributed by atoms with Crippen molar-refractivity contribution < 1.29 is 4.39 Å². The second-order valence-corrected chi connectivity index (χ2v) is 5.07. The molecule has 0 aliphatic heterocycles. The van der Waals surface area contributed by atoms with Gasteiger partial charge in [-0.15, -0.1) is 0 Å². The standard InChI is InChI=1S/C16H11FN4O/c1-9-14(10-2-4-11(17)5-3-10)15-19-8-12-13(21(15)20-9)6-7-18-16(12)22/h2-8H,1H3,(H,18,22). The maximum atomic E-state index is 13.1. The fourth-order valence-electron chi connectivity index (χ4n) is 2.67. The number of H-pyrrole nitrogens is 1. The van der Waals surface area contributed by atoms with E-state index in [1.54, 1.807) is 28.9 Å². The smallest absolute Gasteiger partial charge is 0.258 e. The highest BCUT2D eigenvalue weighted by Gasteiger charge is 2.15. The van der Waals surface area contributed by atoms with Crippen molar-refractivity contribution in [2.45, 2.75) is 6.92 Å². The minimum absolute atomic E-state index is 0.205. The third kappa shape index (κ3) is 1.74. The maximum absolute atomic E-state index is 13.1. The molecule has 0 saturated heterocycles. The third-order valence-corrected chi connectivity index (χ3v) is 3.69. The van der Waals surface area contributed by atoms with E-state index in [1.807, 2.05) is 6.92 Å². The normalized spacial score (nSPS) is 11.4. The number of aromatic nitrogens is 4. The number of rotatable bonds is 1. The molecule has 0 aliphatic carbocycles. The highest BCUT2D eigenvalue weighted by molar-refractivity contribution is 5.86. The minimum Gasteiger partial charge on any atom is -0.328 e. The number of halogens is 1. The van der Waals surface area contributed by atoms with Crippen molar-refractivity contribution in [3.8, 4) is 11.1 Å². The number of aromatic amines is 1. The zero-order valence-electron chi connectivity index (χ0n) is 11.7. The van der Waals surface area contributed by atoms with Crippen LogP contribution in [0.15, 0.2) is 47.5 Å². The first-order chi connectivity index (χ1) is 10.6. The Morgan fingerprint density at radius 2 is 1.95 bits per heavy atom.